The molecule has 0 amide bonds. The average molecular weight is 326 g/mol. The van der Waals surface area contributed by atoms with Crippen LogP contribution in [0.3, 0.4) is 0 Å². The first kappa shape index (κ1) is 15.7. The molecule has 0 saturated carbocycles. The van der Waals surface area contributed by atoms with Gasteiger partial charge in [0.2, 0.25) is 0 Å². The van der Waals surface area contributed by atoms with E-state index in [0.29, 0.717) is 11.8 Å². The van der Waals surface area contributed by atoms with Crippen molar-refractivity contribution in [1.29, 1.82) is 0 Å². The lowest BCUT2D eigenvalue weighted by Crippen LogP contribution is -2.14. The van der Waals surface area contributed by atoms with Crippen molar-refractivity contribution in [3.8, 4) is 5.75 Å². The van der Waals surface area contributed by atoms with Crippen LogP contribution >= 0.6 is 0 Å². The Hall–Kier alpha value is -2.68. The predicted molar refractivity (Wildman–Crippen MR) is 76.9 cm³/mol. The van der Waals surface area contributed by atoms with Gasteiger partial charge in [-0.3, -0.25) is 14.8 Å². The Labute approximate surface area is 125 Å². The minimum atomic E-state index is -4.29. The number of nitrogens with zero attached hydrogens (tertiary/aromatic N) is 1. The summed E-state index contributed by atoms with van der Waals surface area (Å²) in [5, 5.41) is 10.7. The number of nitrogens with one attached hydrogen (secondary N) is 1. The molecule has 0 fully saturated rings. The minimum Gasteiger partial charge on any atom is -0.497 e. The van der Waals surface area contributed by atoms with Crippen molar-refractivity contribution in [3.63, 3.8) is 0 Å². The first-order chi connectivity index (χ1) is 10.3. The van der Waals surface area contributed by atoms with Gasteiger partial charge < -0.3 is 4.74 Å². The zero-order valence-electron chi connectivity index (χ0n) is 11.3. The summed E-state index contributed by atoms with van der Waals surface area (Å²) in [7, 11) is -2.83. The number of methoxy groups -OCH3 is 1. The molecule has 0 saturated heterocycles. The molecule has 0 aliphatic carbocycles. The van der Waals surface area contributed by atoms with Crippen molar-refractivity contribution in [2.24, 2.45) is 0 Å². The van der Waals surface area contributed by atoms with Crippen LogP contribution in [0.4, 0.5) is 15.8 Å². The molecule has 116 valence electrons. The largest absolute Gasteiger partial charge is 0.497 e. The summed E-state index contributed by atoms with van der Waals surface area (Å²) in [6, 6.07) is 8.17. The Balaban J connectivity index is 2.37. The van der Waals surface area contributed by atoms with Crippen LogP contribution in [0.25, 0.3) is 0 Å². The second-order valence-electron chi connectivity index (χ2n) is 4.21. The molecule has 2 rings (SSSR count). The van der Waals surface area contributed by atoms with E-state index in [2.05, 4.69) is 4.72 Å². The number of non-ortho nitro benzene ring substituents is 1. The van der Waals surface area contributed by atoms with E-state index >= 15 is 0 Å². The van der Waals surface area contributed by atoms with Gasteiger partial charge in [-0.25, -0.2) is 12.8 Å². The van der Waals surface area contributed by atoms with E-state index in [1.807, 2.05) is 0 Å². The normalized spacial score (nSPS) is 11.0. The summed E-state index contributed by atoms with van der Waals surface area (Å²) >= 11 is 0. The van der Waals surface area contributed by atoms with E-state index < -0.39 is 31.3 Å². The van der Waals surface area contributed by atoms with E-state index in [1.165, 1.54) is 31.4 Å². The van der Waals surface area contributed by atoms with E-state index in [1.54, 1.807) is 0 Å². The van der Waals surface area contributed by atoms with Crippen LogP contribution < -0.4 is 9.46 Å². The van der Waals surface area contributed by atoms with Crippen LogP contribution in [0, 0.1) is 15.9 Å². The van der Waals surface area contributed by atoms with E-state index in [9.17, 15) is 22.9 Å². The Kier molecular flexibility index (Phi) is 4.27. The predicted octanol–water partition coefficient (Wildman–Crippen LogP) is 2.54. The Morgan fingerprint density at radius 2 is 1.82 bits per heavy atom. The lowest BCUT2D eigenvalue weighted by Gasteiger charge is -2.09. The van der Waals surface area contributed by atoms with Gasteiger partial charge in [0.05, 0.1) is 12.0 Å². The van der Waals surface area contributed by atoms with Crippen LogP contribution in [-0.2, 0) is 10.0 Å². The van der Waals surface area contributed by atoms with Gasteiger partial charge in [0, 0.05) is 17.8 Å². The molecule has 0 aromatic heterocycles. The number of hydrogen-bond donors (Lipinski definition) is 1. The van der Waals surface area contributed by atoms with Crippen molar-refractivity contribution < 1.29 is 22.5 Å². The summed E-state index contributed by atoms with van der Waals surface area (Å²) in [5.74, 6) is -0.559. The third kappa shape index (κ3) is 3.31. The third-order valence-electron chi connectivity index (χ3n) is 2.76. The van der Waals surface area contributed by atoms with Crippen molar-refractivity contribution in [2.45, 2.75) is 4.90 Å². The van der Waals surface area contributed by atoms with Gasteiger partial charge in [-0.05, 0) is 30.3 Å². The number of anilines is 1. The highest BCUT2D eigenvalue weighted by Crippen LogP contribution is 2.24. The fourth-order valence-electron chi connectivity index (χ4n) is 1.68. The summed E-state index contributed by atoms with van der Waals surface area (Å²) < 4.78 is 45.1. The Morgan fingerprint density at radius 1 is 1.18 bits per heavy atom. The highest BCUT2D eigenvalue weighted by Gasteiger charge is 2.22. The first-order valence-electron chi connectivity index (χ1n) is 5.94. The number of ether oxygens (including phenoxy) is 1. The van der Waals surface area contributed by atoms with Gasteiger partial charge in [-0.15, -0.1) is 0 Å². The lowest BCUT2D eigenvalue weighted by molar-refractivity contribution is -0.385. The molecule has 0 radical (unpaired) electrons. The van der Waals surface area contributed by atoms with Crippen LogP contribution in [0.15, 0.2) is 47.4 Å². The zero-order valence-corrected chi connectivity index (χ0v) is 12.1. The fraction of sp³-hybridized carbons (Fsp3) is 0.0769. The monoisotopic (exact) mass is 326 g/mol. The average Bonchev–Trinajstić information content (AvgIpc) is 2.47. The Morgan fingerprint density at radius 3 is 2.36 bits per heavy atom. The van der Waals surface area contributed by atoms with Crippen LogP contribution in [-0.4, -0.2) is 20.5 Å². The van der Waals surface area contributed by atoms with Gasteiger partial charge >= 0.3 is 0 Å². The Bertz CT molecular complexity index is 806. The van der Waals surface area contributed by atoms with E-state index in [-0.39, 0.29) is 5.69 Å². The summed E-state index contributed by atoms with van der Waals surface area (Å²) in [4.78, 5) is 9.08. The van der Waals surface area contributed by atoms with Gasteiger partial charge in [0.15, 0.2) is 0 Å². The number of rotatable bonds is 5. The molecule has 0 bridgehead atoms. The van der Waals surface area contributed by atoms with Gasteiger partial charge in [-0.2, -0.15) is 0 Å². The maximum atomic E-state index is 13.7. The molecule has 0 unspecified atom stereocenters. The topological polar surface area (TPSA) is 98.5 Å². The fourth-order valence-corrected chi connectivity index (χ4v) is 2.84. The van der Waals surface area contributed by atoms with Crippen LogP contribution in [0.2, 0.25) is 0 Å². The summed E-state index contributed by atoms with van der Waals surface area (Å²) in [5.41, 5.74) is -0.344. The SMILES string of the molecule is COc1ccc(NS(=O)(=O)c2cc([N+](=O)[O-])ccc2F)cc1. The molecule has 0 heterocycles. The maximum absolute atomic E-state index is 13.7. The molecule has 2 aromatic rings. The van der Waals surface area contributed by atoms with Crippen molar-refractivity contribution in [3.05, 3.63) is 58.4 Å². The molecular formula is C13H11FN2O5S. The molecular weight excluding hydrogens is 315 g/mol. The molecule has 1 N–H and O–H groups in total. The van der Waals surface area contributed by atoms with Crippen LogP contribution in [0.1, 0.15) is 0 Å². The number of hydrogen-bond acceptors (Lipinski definition) is 5. The van der Waals surface area contributed by atoms with Crippen molar-refractivity contribution in [1.82, 2.24) is 0 Å². The van der Waals surface area contributed by atoms with Crippen LogP contribution in [0.5, 0.6) is 5.75 Å². The molecule has 7 nitrogen and oxygen atoms in total. The minimum absolute atomic E-state index is 0.173. The molecule has 0 aliphatic heterocycles. The zero-order chi connectivity index (χ0) is 16.3. The highest BCUT2D eigenvalue weighted by molar-refractivity contribution is 7.92. The molecule has 0 atom stereocenters. The van der Waals surface area contributed by atoms with E-state index in [0.717, 1.165) is 12.1 Å². The maximum Gasteiger partial charge on any atom is 0.271 e. The van der Waals surface area contributed by atoms with E-state index in [4.69, 9.17) is 4.74 Å². The van der Waals surface area contributed by atoms with Gasteiger partial charge in [0.25, 0.3) is 15.7 Å². The molecule has 2 aromatic carbocycles. The standard InChI is InChI=1S/C13H11FN2O5S/c1-21-11-5-2-9(3-6-11)15-22(19,20)13-8-10(16(17)18)4-7-12(13)14/h2-8,15H,1H3. The molecule has 0 spiro atoms. The highest BCUT2D eigenvalue weighted by atomic mass is 32.2. The van der Waals surface area contributed by atoms with Crippen molar-refractivity contribution >= 4 is 21.4 Å². The van der Waals surface area contributed by atoms with Gasteiger partial charge in [-0.1, -0.05) is 0 Å². The molecule has 9 heteroatoms. The molecule has 22 heavy (non-hydrogen) atoms. The second kappa shape index (κ2) is 5.98. The summed E-state index contributed by atoms with van der Waals surface area (Å²) in [6.07, 6.45) is 0. The number of benzene rings is 2. The first-order valence-corrected chi connectivity index (χ1v) is 7.42. The number of nitro benzene ring substituents is 1. The molecule has 0 aliphatic rings. The lowest BCUT2D eigenvalue weighted by atomic mass is 10.3. The van der Waals surface area contributed by atoms with Crippen molar-refractivity contribution in [2.75, 3.05) is 11.8 Å². The number of halogens is 1. The second-order valence-corrected chi connectivity index (χ2v) is 5.86. The summed E-state index contributed by atoms with van der Waals surface area (Å²) in [6.45, 7) is 0. The smallest absolute Gasteiger partial charge is 0.271 e. The third-order valence-corrected chi connectivity index (χ3v) is 4.15. The quantitative estimate of drug-likeness (QED) is 0.672. The number of sulfonamides is 1. The van der Waals surface area contributed by atoms with Gasteiger partial charge in [0.1, 0.15) is 16.5 Å². The number of nitro groups is 1.